The van der Waals surface area contributed by atoms with Crippen molar-refractivity contribution in [3.8, 4) is 5.75 Å². The standard InChI is InChI=1S/C14H19FN4O.C7H8O3S/c1-2-3-4-13-17-14-7-12(5-6-19(14)18-13)20-10-11(8-15)9-16;1-6-2-4-7(5-3-6)11(8,9)10/h5-8H,2-4,9-10,16H2,1H3;2-5H,1H3,(H,8,9,10)/b11-8+;. The lowest BCUT2D eigenvalue weighted by Crippen LogP contribution is -2.10. The van der Waals surface area contributed by atoms with Crippen LogP contribution in [-0.4, -0.2) is 40.7 Å². The molecular weight excluding hydrogens is 423 g/mol. The molecule has 3 rings (SSSR count). The van der Waals surface area contributed by atoms with Crippen LogP contribution in [0.2, 0.25) is 0 Å². The number of halogens is 1. The van der Waals surface area contributed by atoms with Gasteiger partial charge in [-0.3, -0.25) is 4.55 Å². The maximum Gasteiger partial charge on any atom is 0.294 e. The van der Waals surface area contributed by atoms with Gasteiger partial charge in [0.1, 0.15) is 12.4 Å². The third kappa shape index (κ3) is 7.74. The number of ether oxygens (including phenoxy) is 1. The van der Waals surface area contributed by atoms with E-state index in [0.717, 1.165) is 36.3 Å². The fraction of sp³-hybridized carbons (Fsp3) is 0.333. The first-order valence-electron chi connectivity index (χ1n) is 9.77. The van der Waals surface area contributed by atoms with Gasteiger partial charge in [-0.1, -0.05) is 31.0 Å². The Balaban J connectivity index is 0.000000262. The van der Waals surface area contributed by atoms with Crippen LogP contribution in [0.4, 0.5) is 4.39 Å². The number of fused-ring (bicyclic) bond motifs is 1. The first kappa shape index (κ1) is 24.4. The van der Waals surface area contributed by atoms with Gasteiger partial charge in [0.25, 0.3) is 10.1 Å². The van der Waals surface area contributed by atoms with Gasteiger partial charge in [-0.2, -0.15) is 13.5 Å². The van der Waals surface area contributed by atoms with Crippen LogP contribution >= 0.6 is 0 Å². The van der Waals surface area contributed by atoms with Gasteiger partial charge in [-0.25, -0.2) is 13.9 Å². The number of pyridine rings is 1. The van der Waals surface area contributed by atoms with Gasteiger partial charge < -0.3 is 10.5 Å². The van der Waals surface area contributed by atoms with Gasteiger partial charge in [0.05, 0.1) is 11.2 Å². The molecule has 0 atom stereocenters. The maximum absolute atomic E-state index is 12.4. The number of benzene rings is 1. The molecular formula is C21H27FN4O4S. The summed E-state index contributed by atoms with van der Waals surface area (Å²) in [7, 11) is -4.02. The summed E-state index contributed by atoms with van der Waals surface area (Å²) in [5.74, 6) is 1.45. The molecule has 0 aliphatic heterocycles. The fourth-order valence-electron chi connectivity index (χ4n) is 2.46. The van der Waals surface area contributed by atoms with Crippen molar-refractivity contribution in [1.82, 2.24) is 14.6 Å². The molecule has 168 valence electrons. The molecule has 0 aliphatic rings. The van der Waals surface area contributed by atoms with Gasteiger partial charge >= 0.3 is 0 Å². The Morgan fingerprint density at radius 3 is 2.58 bits per heavy atom. The van der Waals surface area contributed by atoms with Gasteiger partial charge in [0, 0.05) is 30.8 Å². The van der Waals surface area contributed by atoms with Crippen molar-refractivity contribution in [3.63, 3.8) is 0 Å². The average Bonchev–Trinajstić information content (AvgIpc) is 3.15. The zero-order valence-corrected chi connectivity index (χ0v) is 18.3. The fourth-order valence-corrected chi connectivity index (χ4v) is 2.94. The van der Waals surface area contributed by atoms with Crippen LogP contribution in [0.15, 0.2) is 59.4 Å². The molecule has 2 heterocycles. The van der Waals surface area contributed by atoms with Crippen molar-refractivity contribution in [2.45, 2.75) is 38.0 Å². The first-order valence-corrected chi connectivity index (χ1v) is 11.2. The summed E-state index contributed by atoms with van der Waals surface area (Å²) in [6.07, 6.45) is 5.33. The van der Waals surface area contributed by atoms with Crippen LogP contribution in [0.1, 0.15) is 31.2 Å². The third-order valence-corrected chi connectivity index (χ3v) is 5.13. The number of nitrogens with two attached hydrogens (primary N) is 1. The zero-order valence-electron chi connectivity index (χ0n) is 17.5. The summed E-state index contributed by atoms with van der Waals surface area (Å²) >= 11 is 0. The molecule has 1 aromatic carbocycles. The zero-order chi connectivity index (χ0) is 22.9. The summed E-state index contributed by atoms with van der Waals surface area (Å²) in [5, 5.41) is 4.38. The van der Waals surface area contributed by atoms with Crippen molar-refractivity contribution in [1.29, 1.82) is 0 Å². The van der Waals surface area contributed by atoms with Gasteiger partial charge in [-0.15, -0.1) is 0 Å². The lowest BCUT2D eigenvalue weighted by Gasteiger charge is -2.06. The molecule has 8 nitrogen and oxygen atoms in total. The van der Waals surface area contributed by atoms with Crippen LogP contribution in [0, 0.1) is 6.92 Å². The predicted octanol–water partition coefficient (Wildman–Crippen LogP) is 3.50. The van der Waals surface area contributed by atoms with Crippen LogP contribution < -0.4 is 10.5 Å². The molecule has 0 radical (unpaired) electrons. The number of hydrogen-bond donors (Lipinski definition) is 2. The second kappa shape index (κ2) is 11.5. The highest BCUT2D eigenvalue weighted by molar-refractivity contribution is 7.85. The Bertz CT molecular complexity index is 1110. The number of aromatic nitrogens is 3. The van der Waals surface area contributed by atoms with E-state index in [0.29, 0.717) is 17.7 Å². The van der Waals surface area contributed by atoms with Crippen LogP contribution in [0.25, 0.3) is 5.65 Å². The van der Waals surface area contributed by atoms with E-state index >= 15 is 0 Å². The molecule has 10 heteroatoms. The summed E-state index contributed by atoms with van der Waals surface area (Å²) < 4.78 is 49.1. The minimum atomic E-state index is -4.02. The third-order valence-electron chi connectivity index (χ3n) is 4.27. The number of aryl methyl sites for hydroxylation is 2. The lowest BCUT2D eigenvalue weighted by molar-refractivity contribution is 0.347. The average molecular weight is 451 g/mol. The van der Waals surface area contributed by atoms with E-state index in [1.807, 2.05) is 6.92 Å². The molecule has 3 aromatic rings. The topological polar surface area (TPSA) is 120 Å². The van der Waals surface area contributed by atoms with E-state index in [2.05, 4.69) is 17.0 Å². The Hall–Kier alpha value is -2.82. The Morgan fingerprint density at radius 2 is 2.00 bits per heavy atom. The van der Waals surface area contributed by atoms with E-state index in [1.54, 1.807) is 35.0 Å². The van der Waals surface area contributed by atoms with Crippen molar-refractivity contribution >= 4 is 15.8 Å². The molecule has 0 fully saturated rings. The normalized spacial score (nSPS) is 11.8. The largest absolute Gasteiger partial charge is 0.489 e. The predicted molar refractivity (Wildman–Crippen MR) is 116 cm³/mol. The molecule has 0 bridgehead atoms. The summed E-state index contributed by atoms with van der Waals surface area (Å²) in [6.45, 7) is 4.26. The molecule has 0 amide bonds. The molecule has 3 N–H and O–H groups in total. The van der Waals surface area contributed by atoms with E-state index in [4.69, 9.17) is 15.0 Å². The van der Waals surface area contributed by atoms with Crippen molar-refractivity contribution in [2.24, 2.45) is 5.73 Å². The van der Waals surface area contributed by atoms with Gasteiger partial charge in [0.2, 0.25) is 0 Å². The van der Waals surface area contributed by atoms with E-state index in [9.17, 15) is 12.8 Å². The maximum atomic E-state index is 12.4. The highest BCUT2D eigenvalue weighted by Crippen LogP contribution is 2.15. The summed E-state index contributed by atoms with van der Waals surface area (Å²) in [5.41, 5.74) is 7.47. The van der Waals surface area contributed by atoms with Gasteiger partial charge in [0.15, 0.2) is 11.5 Å². The molecule has 0 saturated carbocycles. The SMILES string of the molecule is CCCCc1nc2cc(OC/C(=C/F)CN)ccn2n1.Cc1ccc(S(=O)(=O)O)cc1. The second-order valence-corrected chi connectivity index (χ2v) is 8.27. The Kier molecular flexibility index (Phi) is 9.10. The number of rotatable bonds is 8. The van der Waals surface area contributed by atoms with Crippen molar-refractivity contribution in [2.75, 3.05) is 13.2 Å². The molecule has 0 unspecified atom stereocenters. The van der Waals surface area contributed by atoms with E-state index in [1.165, 1.54) is 12.1 Å². The molecule has 2 aromatic heterocycles. The first-order chi connectivity index (χ1) is 14.8. The molecule has 0 saturated heterocycles. The highest BCUT2D eigenvalue weighted by atomic mass is 32.2. The number of unbranched alkanes of at least 4 members (excludes halogenated alkanes) is 1. The minimum Gasteiger partial charge on any atom is -0.489 e. The van der Waals surface area contributed by atoms with E-state index < -0.39 is 10.1 Å². The monoisotopic (exact) mass is 450 g/mol. The summed E-state index contributed by atoms with van der Waals surface area (Å²) in [6, 6.07) is 9.55. The quantitative estimate of drug-likeness (QED) is 0.504. The van der Waals surface area contributed by atoms with Crippen molar-refractivity contribution in [3.05, 3.63) is 65.9 Å². The van der Waals surface area contributed by atoms with Crippen LogP contribution in [-0.2, 0) is 16.5 Å². The minimum absolute atomic E-state index is 0.0666. The molecule has 0 spiro atoms. The molecule has 31 heavy (non-hydrogen) atoms. The van der Waals surface area contributed by atoms with Gasteiger partial charge in [-0.05, 0) is 31.5 Å². The summed E-state index contributed by atoms with van der Waals surface area (Å²) in [4.78, 5) is 4.37. The van der Waals surface area contributed by atoms with Crippen LogP contribution in [0.5, 0.6) is 5.75 Å². The highest BCUT2D eigenvalue weighted by Gasteiger charge is 2.07. The molecule has 0 aliphatic carbocycles. The number of nitrogens with zero attached hydrogens (tertiary/aromatic N) is 3. The van der Waals surface area contributed by atoms with Crippen LogP contribution in [0.3, 0.4) is 0 Å². The second-order valence-electron chi connectivity index (χ2n) is 6.85. The smallest absolute Gasteiger partial charge is 0.294 e. The Morgan fingerprint density at radius 1 is 1.29 bits per heavy atom. The van der Waals surface area contributed by atoms with E-state index in [-0.39, 0.29) is 18.0 Å². The van der Waals surface area contributed by atoms with Crippen molar-refractivity contribution < 1.29 is 22.1 Å². The number of hydrogen-bond acceptors (Lipinski definition) is 6. The Labute approximate surface area is 181 Å². The lowest BCUT2D eigenvalue weighted by atomic mass is 10.2.